The fourth-order valence-corrected chi connectivity index (χ4v) is 1.38. The molecule has 2 rings (SSSR count). The molecule has 5 nitrogen and oxygen atoms in total. The number of benzene rings is 1. The molecule has 0 fully saturated rings. The fraction of sp³-hybridized carbons (Fsp3) is 0.273. The molecule has 84 valence electrons. The molecule has 16 heavy (non-hydrogen) atoms. The van der Waals surface area contributed by atoms with Crippen molar-refractivity contribution in [1.29, 1.82) is 0 Å². The molecule has 0 amide bonds. The average Bonchev–Trinajstić information content (AvgIpc) is 2.76. The average molecular weight is 219 g/mol. The lowest BCUT2D eigenvalue weighted by Gasteiger charge is -2.03. The van der Waals surface area contributed by atoms with Gasteiger partial charge in [-0.2, -0.15) is 0 Å². The highest BCUT2D eigenvalue weighted by Crippen LogP contribution is 2.26. The van der Waals surface area contributed by atoms with E-state index in [0.717, 1.165) is 5.56 Å². The van der Waals surface area contributed by atoms with Crippen LogP contribution in [0.15, 0.2) is 22.6 Å². The van der Waals surface area contributed by atoms with Gasteiger partial charge in [-0.3, -0.25) is 0 Å². The molecule has 0 aliphatic rings. The van der Waals surface area contributed by atoms with Gasteiger partial charge in [-0.05, 0) is 12.1 Å². The van der Waals surface area contributed by atoms with Crippen LogP contribution in [0.4, 0.5) is 5.69 Å². The smallest absolute Gasteiger partial charge is 0.247 e. The third-order valence-electron chi connectivity index (χ3n) is 2.18. The summed E-state index contributed by atoms with van der Waals surface area (Å²) in [6, 6.07) is 5.32. The molecule has 5 heteroatoms. The maximum Gasteiger partial charge on any atom is 0.247 e. The lowest BCUT2D eigenvalue weighted by Crippen LogP contribution is -1.90. The summed E-state index contributed by atoms with van der Waals surface area (Å²) in [4.78, 5) is 0. The first kappa shape index (κ1) is 10.5. The number of nitrogen functional groups attached to an aromatic ring is 1. The summed E-state index contributed by atoms with van der Waals surface area (Å²) in [5.74, 6) is 1.74. The largest absolute Gasteiger partial charge is 0.497 e. The SMILES string of the molecule is CCc1nnc(-c2cc(N)cc(OC)c2)o1. The normalized spacial score (nSPS) is 10.4. The van der Waals surface area contributed by atoms with Gasteiger partial charge in [0.25, 0.3) is 0 Å². The Kier molecular flexibility index (Phi) is 2.76. The molecule has 0 spiro atoms. The van der Waals surface area contributed by atoms with Gasteiger partial charge in [-0.15, -0.1) is 10.2 Å². The predicted octanol–water partition coefficient (Wildman–Crippen LogP) is 1.89. The molecule has 2 aromatic rings. The first-order valence-corrected chi connectivity index (χ1v) is 5.00. The number of hydrogen-bond donors (Lipinski definition) is 1. The van der Waals surface area contributed by atoms with Gasteiger partial charge in [0, 0.05) is 23.7 Å². The van der Waals surface area contributed by atoms with Crippen LogP contribution in [0.1, 0.15) is 12.8 Å². The van der Waals surface area contributed by atoms with Crippen LogP contribution < -0.4 is 10.5 Å². The van der Waals surface area contributed by atoms with Gasteiger partial charge in [0.15, 0.2) is 0 Å². The zero-order chi connectivity index (χ0) is 11.5. The molecule has 0 radical (unpaired) electrons. The predicted molar refractivity (Wildman–Crippen MR) is 60.1 cm³/mol. The number of nitrogens with zero attached hydrogens (tertiary/aromatic N) is 2. The molecule has 0 atom stereocenters. The molecule has 0 bridgehead atoms. The highest BCUT2D eigenvalue weighted by molar-refractivity contribution is 5.63. The van der Waals surface area contributed by atoms with Crippen LogP contribution in [0.3, 0.4) is 0 Å². The number of methoxy groups -OCH3 is 1. The Morgan fingerprint density at radius 3 is 2.75 bits per heavy atom. The summed E-state index contributed by atoms with van der Waals surface area (Å²) in [7, 11) is 1.59. The molecule has 0 saturated carbocycles. The summed E-state index contributed by atoms with van der Waals surface area (Å²) in [5.41, 5.74) is 7.11. The number of aryl methyl sites for hydroxylation is 1. The molecular formula is C11H13N3O2. The lowest BCUT2D eigenvalue weighted by atomic mass is 10.2. The molecule has 1 aromatic carbocycles. The van der Waals surface area contributed by atoms with Gasteiger partial charge in [-0.25, -0.2) is 0 Å². The maximum absolute atomic E-state index is 5.74. The molecule has 0 aliphatic carbocycles. The van der Waals surface area contributed by atoms with Crippen molar-refractivity contribution in [1.82, 2.24) is 10.2 Å². The summed E-state index contributed by atoms with van der Waals surface area (Å²) < 4.78 is 10.6. The maximum atomic E-state index is 5.74. The number of ether oxygens (including phenoxy) is 1. The second-order valence-corrected chi connectivity index (χ2v) is 3.35. The van der Waals surface area contributed by atoms with E-state index in [0.29, 0.717) is 29.6 Å². The zero-order valence-electron chi connectivity index (χ0n) is 9.23. The van der Waals surface area contributed by atoms with Crippen molar-refractivity contribution in [3.63, 3.8) is 0 Å². The highest BCUT2D eigenvalue weighted by Gasteiger charge is 2.09. The standard InChI is InChI=1S/C11H13N3O2/c1-3-10-13-14-11(16-10)7-4-8(12)6-9(5-7)15-2/h4-6H,3,12H2,1-2H3. The Bertz CT molecular complexity index is 494. The van der Waals surface area contributed by atoms with Crippen molar-refractivity contribution >= 4 is 5.69 Å². The van der Waals surface area contributed by atoms with Crippen LogP contribution >= 0.6 is 0 Å². The van der Waals surface area contributed by atoms with Crippen molar-refractivity contribution in [2.75, 3.05) is 12.8 Å². The Balaban J connectivity index is 2.42. The highest BCUT2D eigenvalue weighted by atomic mass is 16.5. The Morgan fingerprint density at radius 1 is 1.31 bits per heavy atom. The number of aromatic nitrogens is 2. The molecule has 0 unspecified atom stereocenters. The summed E-state index contributed by atoms with van der Waals surface area (Å²) in [5, 5.41) is 7.84. The quantitative estimate of drug-likeness (QED) is 0.798. The summed E-state index contributed by atoms with van der Waals surface area (Å²) in [6.45, 7) is 1.96. The van der Waals surface area contributed by atoms with Crippen LogP contribution in [0.5, 0.6) is 5.75 Å². The van der Waals surface area contributed by atoms with Crippen molar-refractivity contribution in [2.24, 2.45) is 0 Å². The van der Waals surface area contributed by atoms with Gasteiger partial charge in [-0.1, -0.05) is 6.92 Å². The Hall–Kier alpha value is -2.04. The van der Waals surface area contributed by atoms with E-state index >= 15 is 0 Å². The van der Waals surface area contributed by atoms with Crippen LogP contribution in [0.2, 0.25) is 0 Å². The number of hydrogen-bond acceptors (Lipinski definition) is 5. The number of nitrogens with two attached hydrogens (primary N) is 1. The third-order valence-corrected chi connectivity index (χ3v) is 2.18. The van der Waals surface area contributed by atoms with Crippen LogP contribution in [0, 0.1) is 0 Å². The minimum Gasteiger partial charge on any atom is -0.497 e. The van der Waals surface area contributed by atoms with Gasteiger partial charge in [0.05, 0.1) is 7.11 Å². The van der Waals surface area contributed by atoms with Gasteiger partial charge < -0.3 is 14.9 Å². The van der Waals surface area contributed by atoms with Gasteiger partial charge in [0.2, 0.25) is 11.8 Å². The Morgan fingerprint density at radius 2 is 2.12 bits per heavy atom. The van der Waals surface area contributed by atoms with E-state index in [2.05, 4.69) is 10.2 Å². The fourth-order valence-electron chi connectivity index (χ4n) is 1.38. The zero-order valence-corrected chi connectivity index (χ0v) is 9.23. The minimum atomic E-state index is 0.461. The molecular weight excluding hydrogens is 206 g/mol. The number of anilines is 1. The number of rotatable bonds is 3. The molecule has 2 N–H and O–H groups in total. The summed E-state index contributed by atoms with van der Waals surface area (Å²) in [6.07, 6.45) is 0.715. The second kappa shape index (κ2) is 4.22. The molecule has 1 heterocycles. The van der Waals surface area contributed by atoms with E-state index in [-0.39, 0.29) is 0 Å². The van der Waals surface area contributed by atoms with E-state index in [1.807, 2.05) is 13.0 Å². The van der Waals surface area contributed by atoms with Gasteiger partial charge in [0.1, 0.15) is 5.75 Å². The van der Waals surface area contributed by atoms with Crippen molar-refractivity contribution in [3.05, 3.63) is 24.1 Å². The van der Waals surface area contributed by atoms with E-state index in [1.165, 1.54) is 0 Å². The van der Waals surface area contributed by atoms with E-state index in [4.69, 9.17) is 14.9 Å². The van der Waals surface area contributed by atoms with E-state index in [1.54, 1.807) is 19.2 Å². The topological polar surface area (TPSA) is 74.2 Å². The molecule has 0 aliphatic heterocycles. The third kappa shape index (κ3) is 1.98. The van der Waals surface area contributed by atoms with E-state index in [9.17, 15) is 0 Å². The summed E-state index contributed by atoms with van der Waals surface area (Å²) >= 11 is 0. The van der Waals surface area contributed by atoms with Crippen molar-refractivity contribution in [2.45, 2.75) is 13.3 Å². The van der Waals surface area contributed by atoms with Crippen molar-refractivity contribution in [3.8, 4) is 17.2 Å². The van der Waals surface area contributed by atoms with Crippen LogP contribution in [0.25, 0.3) is 11.5 Å². The van der Waals surface area contributed by atoms with E-state index < -0.39 is 0 Å². The second-order valence-electron chi connectivity index (χ2n) is 3.35. The molecule has 0 saturated heterocycles. The Labute approximate surface area is 93.2 Å². The lowest BCUT2D eigenvalue weighted by molar-refractivity contribution is 0.415. The first-order chi connectivity index (χ1) is 7.72. The van der Waals surface area contributed by atoms with Gasteiger partial charge >= 0.3 is 0 Å². The van der Waals surface area contributed by atoms with Crippen molar-refractivity contribution < 1.29 is 9.15 Å². The monoisotopic (exact) mass is 219 g/mol. The van der Waals surface area contributed by atoms with Crippen LogP contribution in [-0.4, -0.2) is 17.3 Å². The molecule has 1 aromatic heterocycles. The first-order valence-electron chi connectivity index (χ1n) is 5.00. The van der Waals surface area contributed by atoms with Crippen LogP contribution in [-0.2, 0) is 6.42 Å². The minimum absolute atomic E-state index is 0.461.